The van der Waals surface area contributed by atoms with Crippen LogP contribution in [-0.4, -0.2) is 17.6 Å². The SMILES string of the molecule is Cc1cc(Cl)ccc1OCC(=O)Nc1ccc(Cl)c(-c2ccc(CO)o2)c1. The van der Waals surface area contributed by atoms with Gasteiger partial charge in [0.2, 0.25) is 0 Å². The molecule has 0 fully saturated rings. The van der Waals surface area contributed by atoms with Crippen molar-refractivity contribution in [1.29, 1.82) is 0 Å². The van der Waals surface area contributed by atoms with Gasteiger partial charge in [0, 0.05) is 16.3 Å². The Hall–Kier alpha value is -2.47. The standard InChI is InChI=1S/C20H17Cl2NO4/c1-12-8-13(21)2-6-18(12)26-11-20(25)23-14-3-5-17(22)16(9-14)19-7-4-15(10-24)27-19/h2-9,24H,10-11H2,1H3,(H,23,25). The highest BCUT2D eigenvalue weighted by Crippen LogP contribution is 2.32. The topological polar surface area (TPSA) is 71.7 Å². The van der Waals surface area contributed by atoms with Crippen molar-refractivity contribution >= 4 is 34.8 Å². The van der Waals surface area contributed by atoms with Crippen LogP contribution in [0.2, 0.25) is 10.0 Å². The van der Waals surface area contributed by atoms with E-state index in [1.807, 2.05) is 6.92 Å². The number of carbonyl (C=O) groups is 1. The molecule has 3 rings (SSSR count). The number of anilines is 1. The molecule has 0 aliphatic heterocycles. The Bertz CT molecular complexity index is 968. The monoisotopic (exact) mass is 405 g/mol. The van der Waals surface area contributed by atoms with E-state index in [1.54, 1.807) is 48.5 Å². The minimum Gasteiger partial charge on any atom is -0.483 e. The average molecular weight is 406 g/mol. The number of amides is 1. The molecule has 3 aromatic rings. The Labute approximate surface area is 166 Å². The maximum Gasteiger partial charge on any atom is 0.262 e. The summed E-state index contributed by atoms with van der Waals surface area (Å²) < 4.78 is 11.0. The quantitative estimate of drug-likeness (QED) is 0.600. The number of aliphatic hydroxyl groups excluding tert-OH is 1. The first-order valence-corrected chi connectivity index (χ1v) is 8.90. The summed E-state index contributed by atoms with van der Waals surface area (Å²) in [7, 11) is 0. The van der Waals surface area contributed by atoms with E-state index in [0.29, 0.717) is 38.6 Å². The fourth-order valence-electron chi connectivity index (χ4n) is 2.51. The molecule has 0 radical (unpaired) electrons. The number of carbonyl (C=O) groups excluding carboxylic acids is 1. The number of furan rings is 1. The van der Waals surface area contributed by atoms with Gasteiger partial charge in [-0.1, -0.05) is 23.2 Å². The van der Waals surface area contributed by atoms with E-state index in [0.717, 1.165) is 5.56 Å². The molecule has 140 valence electrons. The Morgan fingerprint density at radius 1 is 1.15 bits per heavy atom. The third-order valence-corrected chi connectivity index (χ3v) is 4.39. The van der Waals surface area contributed by atoms with Crippen LogP contribution in [0.15, 0.2) is 52.9 Å². The highest BCUT2D eigenvalue weighted by atomic mass is 35.5. The van der Waals surface area contributed by atoms with Gasteiger partial charge in [-0.3, -0.25) is 4.79 Å². The molecular weight excluding hydrogens is 389 g/mol. The molecule has 27 heavy (non-hydrogen) atoms. The van der Waals surface area contributed by atoms with Crippen LogP contribution in [0.3, 0.4) is 0 Å². The summed E-state index contributed by atoms with van der Waals surface area (Å²) >= 11 is 12.1. The molecule has 0 bridgehead atoms. The van der Waals surface area contributed by atoms with E-state index in [1.165, 1.54) is 0 Å². The van der Waals surface area contributed by atoms with Gasteiger partial charge in [-0.15, -0.1) is 0 Å². The second kappa shape index (κ2) is 8.48. The van der Waals surface area contributed by atoms with Crippen LogP contribution < -0.4 is 10.1 Å². The minimum absolute atomic E-state index is 0.143. The number of benzene rings is 2. The Balaban J connectivity index is 1.68. The summed E-state index contributed by atoms with van der Waals surface area (Å²) in [5.41, 5.74) is 2.02. The second-order valence-corrected chi connectivity index (χ2v) is 6.71. The Kier molecular flexibility index (Phi) is 6.06. The van der Waals surface area contributed by atoms with Gasteiger partial charge in [-0.2, -0.15) is 0 Å². The van der Waals surface area contributed by atoms with Crippen LogP contribution >= 0.6 is 23.2 Å². The molecule has 0 aliphatic rings. The van der Waals surface area contributed by atoms with Crippen LogP contribution in [0.5, 0.6) is 5.75 Å². The van der Waals surface area contributed by atoms with E-state index in [4.69, 9.17) is 37.5 Å². The van der Waals surface area contributed by atoms with Gasteiger partial charge >= 0.3 is 0 Å². The molecule has 2 N–H and O–H groups in total. The summed E-state index contributed by atoms with van der Waals surface area (Å²) in [5.74, 6) is 1.22. The van der Waals surface area contributed by atoms with E-state index in [9.17, 15) is 4.79 Å². The third-order valence-electron chi connectivity index (χ3n) is 3.83. The van der Waals surface area contributed by atoms with Crippen molar-refractivity contribution in [2.45, 2.75) is 13.5 Å². The van der Waals surface area contributed by atoms with Crippen LogP contribution in [0.4, 0.5) is 5.69 Å². The highest BCUT2D eigenvalue weighted by molar-refractivity contribution is 6.33. The van der Waals surface area contributed by atoms with Crippen LogP contribution in [-0.2, 0) is 11.4 Å². The van der Waals surface area contributed by atoms with Crippen molar-refractivity contribution in [3.63, 3.8) is 0 Å². The summed E-state index contributed by atoms with van der Waals surface area (Å²) in [6.45, 7) is 1.51. The van der Waals surface area contributed by atoms with Crippen molar-refractivity contribution in [2.24, 2.45) is 0 Å². The number of hydrogen-bond donors (Lipinski definition) is 2. The molecule has 7 heteroatoms. The van der Waals surface area contributed by atoms with Gasteiger partial charge in [0.05, 0.1) is 5.02 Å². The number of aryl methyl sites for hydroxylation is 1. The lowest BCUT2D eigenvalue weighted by Crippen LogP contribution is -2.20. The first-order chi connectivity index (χ1) is 13.0. The molecule has 1 aromatic heterocycles. The summed E-state index contributed by atoms with van der Waals surface area (Å²) in [6, 6.07) is 13.6. The van der Waals surface area contributed by atoms with Gasteiger partial charge in [-0.05, 0) is 61.0 Å². The lowest BCUT2D eigenvalue weighted by atomic mass is 10.1. The van der Waals surface area contributed by atoms with E-state index < -0.39 is 0 Å². The minimum atomic E-state index is -0.312. The lowest BCUT2D eigenvalue weighted by Gasteiger charge is -2.11. The van der Waals surface area contributed by atoms with Crippen LogP contribution in [0.25, 0.3) is 11.3 Å². The third kappa shape index (κ3) is 4.83. The molecular formula is C20H17Cl2NO4. The molecule has 5 nitrogen and oxygen atoms in total. The predicted octanol–water partition coefficient (Wildman–Crippen LogP) is 5.07. The smallest absolute Gasteiger partial charge is 0.262 e. The largest absolute Gasteiger partial charge is 0.483 e. The normalized spacial score (nSPS) is 10.7. The maximum atomic E-state index is 12.2. The summed E-state index contributed by atoms with van der Waals surface area (Å²) in [5, 5.41) is 13.0. The van der Waals surface area contributed by atoms with Crippen molar-refractivity contribution in [1.82, 2.24) is 0 Å². The maximum absolute atomic E-state index is 12.2. The summed E-state index contributed by atoms with van der Waals surface area (Å²) in [4.78, 5) is 12.2. The lowest BCUT2D eigenvalue weighted by molar-refractivity contribution is -0.118. The number of hydrogen-bond acceptors (Lipinski definition) is 4. The Morgan fingerprint density at radius 3 is 2.67 bits per heavy atom. The molecule has 0 atom stereocenters. The van der Waals surface area contributed by atoms with E-state index in [-0.39, 0.29) is 19.1 Å². The van der Waals surface area contributed by atoms with Crippen molar-refractivity contribution in [3.05, 3.63) is 69.9 Å². The van der Waals surface area contributed by atoms with E-state index >= 15 is 0 Å². The predicted molar refractivity (Wildman–Crippen MR) is 105 cm³/mol. The zero-order chi connectivity index (χ0) is 19.4. The van der Waals surface area contributed by atoms with Gasteiger partial charge in [-0.25, -0.2) is 0 Å². The number of nitrogens with one attached hydrogen (secondary N) is 1. The van der Waals surface area contributed by atoms with Gasteiger partial charge in [0.25, 0.3) is 5.91 Å². The van der Waals surface area contributed by atoms with Gasteiger partial charge in [0.15, 0.2) is 6.61 Å². The zero-order valence-corrected chi connectivity index (χ0v) is 16.0. The second-order valence-electron chi connectivity index (χ2n) is 5.87. The number of rotatable bonds is 6. The molecule has 0 spiro atoms. The van der Waals surface area contributed by atoms with Crippen molar-refractivity contribution in [3.8, 4) is 17.1 Å². The zero-order valence-electron chi connectivity index (χ0n) is 14.5. The van der Waals surface area contributed by atoms with Crippen LogP contribution in [0.1, 0.15) is 11.3 Å². The summed E-state index contributed by atoms with van der Waals surface area (Å²) in [6.07, 6.45) is 0. The fraction of sp³-hybridized carbons (Fsp3) is 0.150. The molecule has 0 saturated heterocycles. The van der Waals surface area contributed by atoms with Crippen LogP contribution in [0, 0.1) is 6.92 Å². The Morgan fingerprint density at radius 2 is 1.96 bits per heavy atom. The number of aliphatic hydroxyl groups is 1. The number of ether oxygens (including phenoxy) is 1. The highest BCUT2D eigenvalue weighted by Gasteiger charge is 2.12. The van der Waals surface area contributed by atoms with Crippen molar-refractivity contribution < 1.29 is 19.1 Å². The molecule has 2 aromatic carbocycles. The van der Waals surface area contributed by atoms with Gasteiger partial charge in [0.1, 0.15) is 23.9 Å². The fourth-order valence-corrected chi connectivity index (χ4v) is 2.95. The molecule has 1 heterocycles. The van der Waals surface area contributed by atoms with Crippen molar-refractivity contribution in [2.75, 3.05) is 11.9 Å². The van der Waals surface area contributed by atoms with E-state index in [2.05, 4.69) is 5.32 Å². The molecule has 0 saturated carbocycles. The average Bonchev–Trinajstić information content (AvgIpc) is 3.11. The number of halogens is 2. The molecule has 1 amide bonds. The molecule has 0 unspecified atom stereocenters. The first kappa shape index (κ1) is 19.3. The molecule has 0 aliphatic carbocycles. The van der Waals surface area contributed by atoms with Gasteiger partial charge < -0.3 is 19.6 Å². The first-order valence-electron chi connectivity index (χ1n) is 8.14.